The number of rotatable bonds is 6. The molecule has 2 aromatic heterocycles. The third kappa shape index (κ3) is 3.23. The molecule has 0 fully saturated rings. The molecule has 2 rings (SSSR count). The number of aryl methyl sites for hydroxylation is 4. The van der Waals surface area contributed by atoms with Crippen molar-refractivity contribution in [2.24, 2.45) is 14.1 Å². The molecule has 0 saturated heterocycles. The average Bonchev–Trinajstić information content (AvgIpc) is 2.96. The van der Waals surface area contributed by atoms with E-state index in [4.69, 9.17) is 0 Å². The summed E-state index contributed by atoms with van der Waals surface area (Å²) in [5.74, 6) is 0. The topological polar surface area (TPSA) is 47.7 Å². The first-order chi connectivity index (χ1) is 9.13. The van der Waals surface area contributed by atoms with Crippen LogP contribution in [0.4, 0.5) is 0 Å². The molecule has 0 aliphatic heterocycles. The van der Waals surface area contributed by atoms with Crippen LogP contribution in [0.15, 0.2) is 18.6 Å². The first-order valence-electron chi connectivity index (χ1n) is 6.81. The first-order valence-corrected chi connectivity index (χ1v) is 6.81. The molecule has 0 aliphatic carbocycles. The van der Waals surface area contributed by atoms with E-state index in [1.807, 2.05) is 36.7 Å². The standard InChI is InChI=1S/C14H23N5/c1-5-13-12(10-19(4)17-13)14(15-2)7-6-11-8-16-18(3)9-11/h8-10,14-15H,5-7H2,1-4H3. The van der Waals surface area contributed by atoms with Gasteiger partial charge in [-0.1, -0.05) is 6.92 Å². The quantitative estimate of drug-likeness (QED) is 0.859. The molecular formula is C14H23N5. The zero-order chi connectivity index (χ0) is 13.8. The maximum Gasteiger partial charge on any atom is 0.0669 e. The van der Waals surface area contributed by atoms with Gasteiger partial charge in [-0.05, 0) is 31.9 Å². The van der Waals surface area contributed by atoms with Crippen LogP contribution in [0.3, 0.4) is 0 Å². The number of hydrogen-bond donors (Lipinski definition) is 1. The molecule has 0 saturated carbocycles. The summed E-state index contributed by atoms with van der Waals surface area (Å²) >= 11 is 0. The van der Waals surface area contributed by atoms with Crippen LogP contribution in [0.25, 0.3) is 0 Å². The fourth-order valence-electron chi connectivity index (χ4n) is 2.49. The predicted molar refractivity (Wildman–Crippen MR) is 75.9 cm³/mol. The van der Waals surface area contributed by atoms with Crippen LogP contribution in [-0.4, -0.2) is 26.6 Å². The van der Waals surface area contributed by atoms with Crippen LogP contribution in [0.2, 0.25) is 0 Å². The van der Waals surface area contributed by atoms with Crippen molar-refractivity contribution < 1.29 is 0 Å². The van der Waals surface area contributed by atoms with Gasteiger partial charge in [0, 0.05) is 38.1 Å². The van der Waals surface area contributed by atoms with Crippen molar-refractivity contribution in [3.63, 3.8) is 0 Å². The van der Waals surface area contributed by atoms with E-state index in [1.165, 1.54) is 16.8 Å². The highest BCUT2D eigenvalue weighted by Crippen LogP contribution is 2.22. The fourth-order valence-corrected chi connectivity index (χ4v) is 2.49. The highest BCUT2D eigenvalue weighted by molar-refractivity contribution is 5.22. The van der Waals surface area contributed by atoms with Crippen molar-refractivity contribution in [3.05, 3.63) is 35.4 Å². The van der Waals surface area contributed by atoms with Crippen molar-refractivity contribution in [2.75, 3.05) is 7.05 Å². The molecule has 0 bridgehead atoms. The number of hydrogen-bond acceptors (Lipinski definition) is 3. The minimum absolute atomic E-state index is 0.351. The third-order valence-electron chi connectivity index (χ3n) is 3.48. The van der Waals surface area contributed by atoms with Gasteiger partial charge in [0.2, 0.25) is 0 Å². The van der Waals surface area contributed by atoms with Crippen molar-refractivity contribution in [1.29, 1.82) is 0 Å². The molecule has 104 valence electrons. The Morgan fingerprint density at radius 3 is 2.63 bits per heavy atom. The largest absolute Gasteiger partial charge is 0.313 e. The Bertz CT molecular complexity index is 526. The smallest absolute Gasteiger partial charge is 0.0669 e. The molecule has 0 amide bonds. The van der Waals surface area contributed by atoms with Gasteiger partial charge in [0.1, 0.15) is 0 Å². The Morgan fingerprint density at radius 2 is 2.05 bits per heavy atom. The minimum Gasteiger partial charge on any atom is -0.313 e. The van der Waals surface area contributed by atoms with Crippen LogP contribution in [-0.2, 0) is 26.9 Å². The molecule has 0 aromatic carbocycles. The summed E-state index contributed by atoms with van der Waals surface area (Å²) < 4.78 is 3.76. The van der Waals surface area contributed by atoms with Gasteiger partial charge in [0.25, 0.3) is 0 Å². The zero-order valence-electron chi connectivity index (χ0n) is 12.2. The van der Waals surface area contributed by atoms with Crippen molar-refractivity contribution in [1.82, 2.24) is 24.9 Å². The molecule has 2 aromatic rings. The van der Waals surface area contributed by atoms with Crippen molar-refractivity contribution in [2.45, 2.75) is 32.2 Å². The van der Waals surface area contributed by atoms with Crippen LogP contribution in [0, 0.1) is 0 Å². The molecule has 1 unspecified atom stereocenters. The van der Waals surface area contributed by atoms with E-state index in [9.17, 15) is 0 Å². The lowest BCUT2D eigenvalue weighted by Gasteiger charge is -2.15. The minimum atomic E-state index is 0.351. The summed E-state index contributed by atoms with van der Waals surface area (Å²) in [6.45, 7) is 2.15. The molecule has 19 heavy (non-hydrogen) atoms. The summed E-state index contributed by atoms with van der Waals surface area (Å²) in [5, 5.41) is 12.1. The van der Waals surface area contributed by atoms with E-state index in [-0.39, 0.29) is 0 Å². The van der Waals surface area contributed by atoms with Crippen LogP contribution in [0.5, 0.6) is 0 Å². The number of aromatic nitrogens is 4. The van der Waals surface area contributed by atoms with E-state index in [0.717, 1.165) is 19.3 Å². The molecule has 0 spiro atoms. The van der Waals surface area contributed by atoms with Gasteiger partial charge in [-0.2, -0.15) is 10.2 Å². The average molecular weight is 261 g/mol. The Morgan fingerprint density at radius 1 is 1.26 bits per heavy atom. The second-order valence-electron chi connectivity index (χ2n) is 4.96. The Balaban J connectivity index is 2.07. The SMILES string of the molecule is CCc1nn(C)cc1C(CCc1cnn(C)c1)NC. The molecule has 2 heterocycles. The molecule has 1 atom stereocenters. The lowest BCUT2D eigenvalue weighted by atomic mass is 10.00. The number of nitrogens with zero attached hydrogens (tertiary/aromatic N) is 4. The van der Waals surface area contributed by atoms with Crippen molar-refractivity contribution >= 4 is 0 Å². The van der Waals surface area contributed by atoms with Gasteiger partial charge in [0.05, 0.1) is 11.9 Å². The maximum atomic E-state index is 4.52. The van der Waals surface area contributed by atoms with E-state index in [1.54, 1.807) is 0 Å². The van der Waals surface area contributed by atoms with Crippen LogP contribution in [0.1, 0.15) is 36.2 Å². The number of nitrogens with one attached hydrogen (secondary N) is 1. The predicted octanol–water partition coefficient (Wildman–Crippen LogP) is 1.61. The Labute approximate surface area is 114 Å². The molecule has 5 heteroatoms. The summed E-state index contributed by atoms with van der Waals surface area (Å²) in [4.78, 5) is 0. The summed E-state index contributed by atoms with van der Waals surface area (Å²) in [7, 11) is 5.95. The van der Waals surface area contributed by atoms with E-state index in [2.05, 4.69) is 34.8 Å². The summed E-state index contributed by atoms with van der Waals surface area (Å²) in [6, 6.07) is 0.351. The second-order valence-corrected chi connectivity index (χ2v) is 4.96. The monoisotopic (exact) mass is 261 g/mol. The Hall–Kier alpha value is -1.62. The fraction of sp³-hybridized carbons (Fsp3) is 0.571. The molecule has 1 N–H and O–H groups in total. The summed E-state index contributed by atoms with van der Waals surface area (Å²) in [5.41, 5.74) is 3.79. The highest BCUT2D eigenvalue weighted by Gasteiger charge is 2.16. The third-order valence-corrected chi connectivity index (χ3v) is 3.48. The normalized spacial score (nSPS) is 12.8. The zero-order valence-corrected chi connectivity index (χ0v) is 12.2. The Kier molecular flexibility index (Phi) is 4.37. The van der Waals surface area contributed by atoms with Crippen LogP contribution >= 0.6 is 0 Å². The van der Waals surface area contributed by atoms with Gasteiger partial charge < -0.3 is 5.32 Å². The van der Waals surface area contributed by atoms with Gasteiger partial charge in [-0.15, -0.1) is 0 Å². The van der Waals surface area contributed by atoms with Crippen molar-refractivity contribution in [3.8, 4) is 0 Å². The first kappa shape index (κ1) is 13.8. The molecule has 0 radical (unpaired) electrons. The highest BCUT2D eigenvalue weighted by atomic mass is 15.3. The summed E-state index contributed by atoms with van der Waals surface area (Å²) in [6.07, 6.45) is 9.20. The lowest BCUT2D eigenvalue weighted by Crippen LogP contribution is -2.18. The van der Waals surface area contributed by atoms with E-state index >= 15 is 0 Å². The van der Waals surface area contributed by atoms with Gasteiger partial charge in [-0.25, -0.2) is 0 Å². The molecular weight excluding hydrogens is 238 g/mol. The van der Waals surface area contributed by atoms with E-state index < -0.39 is 0 Å². The van der Waals surface area contributed by atoms with Gasteiger partial charge >= 0.3 is 0 Å². The van der Waals surface area contributed by atoms with Gasteiger partial charge in [0.15, 0.2) is 0 Å². The second kappa shape index (κ2) is 6.02. The van der Waals surface area contributed by atoms with Crippen LogP contribution < -0.4 is 5.32 Å². The van der Waals surface area contributed by atoms with E-state index in [0.29, 0.717) is 6.04 Å². The lowest BCUT2D eigenvalue weighted by molar-refractivity contribution is 0.545. The molecule has 5 nitrogen and oxygen atoms in total. The van der Waals surface area contributed by atoms with Gasteiger partial charge in [-0.3, -0.25) is 9.36 Å². The maximum absolute atomic E-state index is 4.52. The molecule has 0 aliphatic rings.